The predicted octanol–water partition coefficient (Wildman–Crippen LogP) is 0.634. The lowest BCUT2D eigenvalue weighted by atomic mass is 10.1. The van der Waals surface area contributed by atoms with Crippen LogP contribution in [0.15, 0.2) is 4.42 Å². The fraction of sp³-hybridized carbons (Fsp3) is 0.833. The summed E-state index contributed by atoms with van der Waals surface area (Å²) in [5.41, 5.74) is 0. The Labute approximate surface area is 107 Å². The monoisotopic (exact) mass is 254 g/mol. The van der Waals surface area contributed by atoms with Gasteiger partial charge in [0, 0.05) is 25.6 Å². The first kappa shape index (κ1) is 13.3. The SMILES string of the molecule is CC(C)CNCc1nnc(N2CCC(CO)C2)o1. The predicted molar refractivity (Wildman–Crippen MR) is 68.2 cm³/mol. The molecule has 2 rings (SSSR count). The molecule has 2 N–H and O–H groups in total. The van der Waals surface area contributed by atoms with E-state index in [4.69, 9.17) is 9.52 Å². The first-order valence-electron chi connectivity index (χ1n) is 6.58. The van der Waals surface area contributed by atoms with Crippen molar-refractivity contribution in [3.63, 3.8) is 0 Å². The highest BCUT2D eigenvalue weighted by molar-refractivity contribution is 5.26. The van der Waals surface area contributed by atoms with Gasteiger partial charge in [-0.05, 0) is 18.9 Å². The number of nitrogens with zero attached hydrogens (tertiary/aromatic N) is 3. The Balaban J connectivity index is 1.83. The van der Waals surface area contributed by atoms with Crippen LogP contribution in [-0.4, -0.2) is 41.5 Å². The van der Waals surface area contributed by atoms with Gasteiger partial charge in [0.05, 0.1) is 6.54 Å². The van der Waals surface area contributed by atoms with E-state index in [1.165, 1.54) is 0 Å². The summed E-state index contributed by atoms with van der Waals surface area (Å²) in [6.45, 7) is 7.78. The summed E-state index contributed by atoms with van der Waals surface area (Å²) in [5, 5.41) is 20.4. The van der Waals surface area contributed by atoms with E-state index < -0.39 is 0 Å². The lowest BCUT2D eigenvalue weighted by Gasteiger charge is -2.11. The van der Waals surface area contributed by atoms with Crippen LogP contribution >= 0.6 is 0 Å². The van der Waals surface area contributed by atoms with Crippen LogP contribution in [0.2, 0.25) is 0 Å². The van der Waals surface area contributed by atoms with Gasteiger partial charge in [-0.1, -0.05) is 18.9 Å². The van der Waals surface area contributed by atoms with E-state index in [9.17, 15) is 0 Å². The summed E-state index contributed by atoms with van der Waals surface area (Å²) < 4.78 is 5.60. The summed E-state index contributed by atoms with van der Waals surface area (Å²) in [7, 11) is 0. The minimum absolute atomic E-state index is 0.230. The molecule has 102 valence electrons. The highest BCUT2D eigenvalue weighted by Gasteiger charge is 2.25. The average Bonchev–Trinajstić information content (AvgIpc) is 2.95. The normalized spacial score (nSPS) is 20.0. The maximum Gasteiger partial charge on any atom is 0.318 e. The first-order chi connectivity index (χ1) is 8.69. The van der Waals surface area contributed by atoms with Crippen molar-refractivity contribution < 1.29 is 9.52 Å². The average molecular weight is 254 g/mol. The van der Waals surface area contributed by atoms with E-state index in [0.717, 1.165) is 26.1 Å². The summed E-state index contributed by atoms with van der Waals surface area (Å²) in [4.78, 5) is 2.04. The van der Waals surface area contributed by atoms with E-state index in [-0.39, 0.29) is 6.61 Å². The molecule has 1 aromatic heterocycles. The van der Waals surface area contributed by atoms with Crippen molar-refractivity contribution in [2.75, 3.05) is 31.1 Å². The van der Waals surface area contributed by atoms with Gasteiger partial charge in [-0.25, -0.2) is 0 Å². The lowest BCUT2D eigenvalue weighted by molar-refractivity contribution is 0.238. The van der Waals surface area contributed by atoms with Crippen molar-refractivity contribution in [1.29, 1.82) is 0 Å². The fourth-order valence-electron chi connectivity index (χ4n) is 2.07. The minimum atomic E-state index is 0.230. The van der Waals surface area contributed by atoms with Gasteiger partial charge in [-0.2, -0.15) is 0 Å². The van der Waals surface area contributed by atoms with Crippen molar-refractivity contribution in [2.45, 2.75) is 26.8 Å². The van der Waals surface area contributed by atoms with Crippen molar-refractivity contribution >= 4 is 6.01 Å². The number of rotatable bonds is 6. The zero-order chi connectivity index (χ0) is 13.0. The largest absolute Gasteiger partial charge is 0.407 e. The third-order valence-corrected chi connectivity index (χ3v) is 3.10. The molecule has 2 heterocycles. The number of aromatic nitrogens is 2. The highest BCUT2D eigenvalue weighted by atomic mass is 16.4. The number of anilines is 1. The smallest absolute Gasteiger partial charge is 0.318 e. The number of aliphatic hydroxyl groups is 1. The van der Waals surface area contributed by atoms with Gasteiger partial charge < -0.3 is 19.7 Å². The molecule has 1 atom stereocenters. The summed E-state index contributed by atoms with van der Waals surface area (Å²) >= 11 is 0. The molecule has 0 aromatic carbocycles. The maximum atomic E-state index is 9.10. The molecule has 18 heavy (non-hydrogen) atoms. The van der Waals surface area contributed by atoms with Crippen LogP contribution in [0.25, 0.3) is 0 Å². The number of hydrogen-bond acceptors (Lipinski definition) is 6. The summed E-state index contributed by atoms with van der Waals surface area (Å²) in [5.74, 6) is 1.56. The molecule has 1 aromatic rings. The number of hydrogen-bond donors (Lipinski definition) is 2. The van der Waals surface area contributed by atoms with E-state index in [1.54, 1.807) is 0 Å². The fourth-order valence-corrected chi connectivity index (χ4v) is 2.07. The quantitative estimate of drug-likeness (QED) is 0.776. The van der Waals surface area contributed by atoms with Gasteiger partial charge in [0.25, 0.3) is 0 Å². The Kier molecular flexibility index (Phi) is 4.54. The zero-order valence-corrected chi connectivity index (χ0v) is 11.1. The van der Waals surface area contributed by atoms with Crippen LogP contribution in [0.4, 0.5) is 6.01 Å². The minimum Gasteiger partial charge on any atom is -0.407 e. The van der Waals surface area contributed by atoms with Crippen LogP contribution in [0.3, 0.4) is 0 Å². The topological polar surface area (TPSA) is 74.4 Å². The van der Waals surface area contributed by atoms with E-state index in [2.05, 4.69) is 29.4 Å². The lowest BCUT2D eigenvalue weighted by Crippen LogP contribution is -2.21. The molecular weight excluding hydrogens is 232 g/mol. The maximum absolute atomic E-state index is 9.10. The van der Waals surface area contributed by atoms with Gasteiger partial charge >= 0.3 is 6.01 Å². The van der Waals surface area contributed by atoms with Crippen molar-refractivity contribution in [3.8, 4) is 0 Å². The Morgan fingerprint density at radius 3 is 3.00 bits per heavy atom. The third-order valence-electron chi connectivity index (χ3n) is 3.10. The van der Waals surface area contributed by atoms with Crippen LogP contribution < -0.4 is 10.2 Å². The molecule has 1 aliphatic rings. The van der Waals surface area contributed by atoms with E-state index in [0.29, 0.717) is 30.3 Å². The Bertz CT molecular complexity index is 367. The molecule has 0 amide bonds. The molecule has 1 unspecified atom stereocenters. The van der Waals surface area contributed by atoms with Gasteiger partial charge in [0.1, 0.15) is 0 Å². The van der Waals surface area contributed by atoms with Crippen LogP contribution in [-0.2, 0) is 6.54 Å². The number of nitrogens with one attached hydrogen (secondary N) is 1. The van der Waals surface area contributed by atoms with Crippen LogP contribution in [0.1, 0.15) is 26.2 Å². The second-order valence-corrected chi connectivity index (χ2v) is 5.29. The van der Waals surface area contributed by atoms with Gasteiger partial charge in [0.2, 0.25) is 5.89 Å². The second kappa shape index (κ2) is 6.15. The summed E-state index contributed by atoms with van der Waals surface area (Å²) in [6.07, 6.45) is 0.986. The van der Waals surface area contributed by atoms with Crippen molar-refractivity contribution in [3.05, 3.63) is 5.89 Å². The molecule has 0 aliphatic carbocycles. The molecular formula is C12H22N4O2. The molecule has 1 aliphatic heterocycles. The molecule has 0 bridgehead atoms. The van der Waals surface area contributed by atoms with E-state index >= 15 is 0 Å². The van der Waals surface area contributed by atoms with Crippen LogP contribution in [0.5, 0.6) is 0 Å². The van der Waals surface area contributed by atoms with Gasteiger partial charge in [0.15, 0.2) is 0 Å². The third kappa shape index (κ3) is 3.43. The van der Waals surface area contributed by atoms with Crippen molar-refractivity contribution in [1.82, 2.24) is 15.5 Å². The molecule has 6 nitrogen and oxygen atoms in total. The van der Waals surface area contributed by atoms with E-state index in [1.807, 2.05) is 4.90 Å². The standard InChI is InChI=1S/C12H22N4O2/c1-9(2)5-13-6-11-14-15-12(18-11)16-4-3-10(7-16)8-17/h9-10,13,17H,3-8H2,1-2H3. The second-order valence-electron chi connectivity index (χ2n) is 5.29. The molecule has 6 heteroatoms. The number of aliphatic hydroxyl groups excluding tert-OH is 1. The highest BCUT2D eigenvalue weighted by Crippen LogP contribution is 2.22. The van der Waals surface area contributed by atoms with Crippen molar-refractivity contribution in [2.24, 2.45) is 11.8 Å². The Morgan fingerprint density at radius 2 is 2.33 bits per heavy atom. The van der Waals surface area contributed by atoms with Crippen LogP contribution in [0, 0.1) is 11.8 Å². The van der Waals surface area contributed by atoms with Gasteiger partial charge in [-0.15, -0.1) is 5.10 Å². The molecule has 1 fully saturated rings. The van der Waals surface area contributed by atoms with Gasteiger partial charge in [-0.3, -0.25) is 0 Å². The Hall–Kier alpha value is -1.14. The molecule has 1 saturated heterocycles. The Morgan fingerprint density at radius 1 is 1.50 bits per heavy atom. The molecule has 0 radical (unpaired) electrons. The first-order valence-corrected chi connectivity index (χ1v) is 6.58. The molecule has 0 saturated carbocycles. The summed E-state index contributed by atoms with van der Waals surface area (Å²) in [6, 6.07) is 0.576. The zero-order valence-electron chi connectivity index (χ0n) is 11.1. The molecule has 0 spiro atoms.